The monoisotopic (exact) mass is 328 g/mol. The van der Waals surface area contributed by atoms with E-state index in [9.17, 15) is 9.90 Å². The van der Waals surface area contributed by atoms with Gasteiger partial charge in [-0.25, -0.2) is 0 Å². The van der Waals surface area contributed by atoms with Crippen molar-refractivity contribution >= 4 is 5.97 Å². The Labute approximate surface area is 143 Å². The molecule has 0 aliphatic rings. The van der Waals surface area contributed by atoms with E-state index >= 15 is 0 Å². The molecule has 0 saturated heterocycles. The van der Waals surface area contributed by atoms with E-state index in [1.165, 1.54) is 18.2 Å². The minimum atomic E-state index is -0.311. The molecule has 0 spiro atoms. The molecule has 0 aliphatic carbocycles. The molecule has 0 fully saturated rings. The number of methoxy groups -OCH3 is 1. The zero-order valence-electron chi connectivity index (χ0n) is 14.7. The van der Waals surface area contributed by atoms with Crippen LogP contribution in [-0.2, 0) is 29.2 Å². The number of carbonyl (C=O) groups is 1. The van der Waals surface area contributed by atoms with Gasteiger partial charge in [-0.1, -0.05) is 24.3 Å². The minimum Gasteiger partial charge on any atom is -0.489 e. The van der Waals surface area contributed by atoms with E-state index in [0.29, 0.717) is 6.61 Å². The fourth-order valence-electron chi connectivity index (χ4n) is 2.65. The molecule has 24 heavy (non-hydrogen) atoms. The smallest absolute Gasteiger partial charge is 0.309 e. The average molecular weight is 328 g/mol. The Morgan fingerprint density at radius 1 is 1.04 bits per heavy atom. The van der Waals surface area contributed by atoms with E-state index < -0.39 is 0 Å². The van der Waals surface area contributed by atoms with Crippen molar-refractivity contribution in [2.75, 3.05) is 7.11 Å². The third-order valence-corrected chi connectivity index (χ3v) is 4.27. The first kappa shape index (κ1) is 18.0. The predicted molar refractivity (Wildman–Crippen MR) is 93.1 cm³/mol. The van der Waals surface area contributed by atoms with E-state index in [-0.39, 0.29) is 19.0 Å². The van der Waals surface area contributed by atoms with Crippen molar-refractivity contribution in [1.29, 1.82) is 0 Å². The summed E-state index contributed by atoms with van der Waals surface area (Å²) in [5.74, 6) is 0.503. The number of rotatable bonds is 6. The summed E-state index contributed by atoms with van der Waals surface area (Å²) in [6, 6.07) is 9.65. The highest BCUT2D eigenvalue weighted by Crippen LogP contribution is 2.25. The Balaban J connectivity index is 2.28. The van der Waals surface area contributed by atoms with Gasteiger partial charge in [-0.15, -0.1) is 0 Å². The summed E-state index contributed by atoms with van der Waals surface area (Å²) < 4.78 is 10.7. The van der Waals surface area contributed by atoms with E-state index in [1.54, 1.807) is 0 Å². The normalized spacial score (nSPS) is 10.5. The van der Waals surface area contributed by atoms with E-state index in [1.807, 2.05) is 38.1 Å². The summed E-state index contributed by atoms with van der Waals surface area (Å²) in [6.07, 6.45) is 0.162. The van der Waals surface area contributed by atoms with Crippen molar-refractivity contribution in [1.82, 2.24) is 0 Å². The Bertz CT molecular complexity index is 735. The molecule has 0 bridgehead atoms. The van der Waals surface area contributed by atoms with Gasteiger partial charge >= 0.3 is 5.97 Å². The second-order valence-corrected chi connectivity index (χ2v) is 5.96. The van der Waals surface area contributed by atoms with Crippen LogP contribution < -0.4 is 4.74 Å². The summed E-state index contributed by atoms with van der Waals surface area (Å²) in [6.45, 7) is 6.33. The molecule has 128 valence electrons. The topological polar surface area (TPSA) is 55.8 Å². The maximum absolute atomic E-state index is 11.6. The van der Waals surface area contributed by atoms with Crippen LogP contribution in [0.15, 0.2) is 30.3 Å². The number of aliphatic hydroxyl groups excluding tert-OH is 1. The molecule has 0 atom stereocenters. The molecule has 2 rings (SSSR count). The highest BCUT2D eigenvalue weighted by molar-refractivity contribution is 5.73. The van der Waals surface area contributed by atoms with Crippen molar-refractivity contribution in [3.05, 3.63) is 63.7 Å². The molecule has 0 amide bonds. The second-order valence-electron chi connectivity index (χ2n) is 5.96. The third-order valence-electron chi connectivity index (χ3n) is 4.27. The molecule has 0 aliphatic heterocycles. The summed E-state index contributed by atoms with van der Waals surface area (Å²) in [5, 5.41) is 9.59. The molecular weight excluding hydrogens is 304 g/mol. The molecule has 0 heterocycles. The quantitative estimate of drug-likeness (QED) is 0.826. The van der Waals surface area contributed by atoms with E-state index in [2.05, 4.69) is 13.0 Å². The molecule has 4 heteroatoms. The van der Waals surface area contributed by atoms with Crippen LogP contribution in [0.4, 0.5) is 0 Å². The lowest BCUT2D eigenvalue weighted by Gasteiger charge is -2.16. The summed E-state index contributed by atoms with van der Waals surface area (Å²) in [7, 11) is 1.37. The standard InChI is InChI=1S/C20H24O4/c1-13-8-15(3)19(9-14(13)2)24-12-18-16(10-20(22)23-4)6-5-7-17(18)11-21/h5-9,21H,10-12H2,1-4H3. The maximum atomic E-state index is 11.6. The fourth-order valence-corrected chi connectivity index (χ4v) is 2.65. The van der Waals surface area contributed by atoms with Gasteiger partial charge in [0.2, 0.25) is 0 Å². The molecule has 0 aromatic heterocycles. The number of aryl methyl sites for hydroxylation is 3. The van der Waals surface area contributed by atoms with Gasteiger partial charge in [0, 0.05) is 0 Å². The van der Waals surface area contributed by atoms with Crippen LogP contribution in [0.3, 0.4) is 0 Å². The lowest BCUT2D eigenvalue weighted by Crippen LogP contribution is -2.11. The third kappa shape index (κ3) is 4.15. The van der Waals surface area contributed by atoms with Crippen molar-refractivity contribution in [2.24, 2.45) is 0 Å². The van der Waals surface area contributed by atoms with Crippen LogP contribution >= 0.6 is 0 Å². The molecular formula is C20H24O4. The largest absolute Gasteiger partial charge is 0.489 e. The van der Waals surface area contributed by atoms with Crippen LogP contribution in [0.5, 0.6) is 5.75 Å². The summed E-state index contributed by atoms with van der Waals surface area (Å²) >= 11 is 0. The first-order valence-electron chi connectivity index (χ1n) is 7.94. The second kappa shape index (κ2) is 7.97. The van der Waals surface area contributed by atoms with Crippen LogP contribution in [-0.4, -0.2) is 18.2 Å². The Kier molecular flexibility index (Phi) is 5.99. The number of carbonyl (C=O) groups excluding carboxylic acids is 1. The van der Waals surface area contributed by atoms with Crippen LogP contribution in [0.25, 0.3) is 0 Å². The molecule has 0 radical (unpaired) electrons. The highest BCUT2D eigenvalue weighted by atomic mass is 16.5. The van der Waals surface area contributed by atoms with Gasteiger partial charge in [0.25, 0.3) is 0 Å². The maximum Gasteiger partial charge on any atom is 0.309 e. The van der Waals surface area contributed by atoms with E-state index in [0.717, 1.165) is 28.0 Å². The number of hydrogen-bond donors (Lipinski definition) is 1. The number of aliphatic hydroxyl groups is 1. The molecule has 2 aromatic rings. The Morgan fingerprint density at radius 3 is 2.38 bits per heavy atom. The molecule has 4 nitrogen and oxygen atoms in total. The number of ether oxygens (including phenoxy) is 2. The average Bonchev–Trinajstić information content (AvgIpc) is 2.57. The van der Waals surface area contributed by atoms with Gasteiger partial charge in [0.1, 0.15) is 12.4 Å². The molecule has 2 aromatic carbocycles. The zero-order valence-corrected chi connectivity index (χ0v) is 14.7. The van der Waals surface area contributed by atoms with Gasteiger partial charge in [-0.3, -0.25) is 4.79 Å². The van der Waals surface area contributed by atoms with Gasteiger partial charge in [-0.05, 0) is 60.2 Å². The molecule has 0 unspecified atom stereocenters. The van der Waals surface area contributed by atoms with Crippen molar-refractivity contribution in [3.63, 3.8) is 0 Å². The fraction of sp³-hybridized carbons (Fsp3) is 0.350. The van der Waals surface area contributed by atoms with Crippen LogP contribution in [0.1, 0.15) is 33.4 Å². The first-order chi connectivity index (χ1) is 11.5. The Hall–Kier alpha value is -2.33. The number of hydrogen-bond acceptors (Lipinski definition) is 4. The zero-order chi connectivity index (χ0) is 17.7. The van der Waals surface area contributed by atoms with Crippen molar-refractivity contribution in [3.8, 4) is 5.75 Å². The van der Waals surface area contributed by atoms with Gasteiger partial charge in [0.15, 0.2) is 0 Å². The lowest BCUT2D eigenvalue weighted by atomic mass is 9.99. The van der Waals surface area contributed by atoms with Crippen LogP contribution in [0.2, 0.25) is 0 Å². The highest BCUT2D eigenvalue weighted by Gasteiger charge is 2.13. The van der Waals surface area contributed by atoms with Gasteiger partial charge in [-0.2, -0.15) is 0 Å². The first-order valence-corrected chi connectivity index (χ1v) is 7.94. The predicted octanol–water partition coefficient (Wildman–Crippen LogP) is 3.40. The van der Waals surface area contributed by atoms with E-state index in [4.69, 9.17) is 9.47 Å². The Morgan fingerprint density at radius 2 is 1.71 bits per heavy atom. The van der Waals surface area contributed by atoms with Crippen LogP contribution in [0, 0.1) is 20.8 Å². The summed E-state index contributed by atoms with van der Waals surface area (Å²) in [5.41, 5.74) is 5.87. The number of benzene rings is 2. The SMILES string of the molecule is COC(=O)Cc1cccc(CO)c1COc1cc(C)c(C)cc1C. The molecule has 1 N–H and O–H groups in total. The van der Waals surface area contributed by atoms with Crippen molar-refractivity contribution < 1.29 is 19.4 Å². The number of esters is 1. The van der Waals surface area contributed by atoms with Crippen molar-refractivity contribution in [2.45, 2.75) is 40.4 Å². The van der Waals surface area contributed by atoms with Gasteiger partial charge < -0.3 is 14.6 Å². The van der Waals surface area contributed by atoms with Gasteiger partial charge in [0.05, 0.1) is 20.1 Å². The minimum absolute atomic E-state index is 0.0976. The lowest BCUT2D eigenvalue weighted by molar-refractivity contribution is -0.139. The summed E-state index contributed by atoms with van der Waals surface area (Å²) in [4.78, 5) is 11.6. The molecule has 0 saturated carbocycles.